The number of carbonyl (C=O) groups is 3. The molecule has 3 rings (SSSR count). The quantitative estimate of drug-likeness (QED) is 0.477. The van der Waals surface area contributed by atoms with Crippen LogP contribution in [0, 0.1) is 0 Å². The SMILES string of the molecule is CC(=O)c1ccc(OC(=O)c2cccc(CN3CCCC3=O)c2)cc1. The Balaban J connectivity index is 1.68. The summed E-state index contributed by atoms with van der Waals surface area (Å²) in [4.78, 5) is 37.1. The lowest BCUT2D eigenvalue weighted by Crippen LogP contribution is -2.24. The zero-order valence-electron chi connectivity index (χ0n) is 14.0. The van der Waals surface area contributed by atoms with Gasteiger partial charge >= 0.3 is 5.97 Å². The van der Waals surface area contributed by atoms with Crippen LogP contribution in [-0.4, -0.2) is 29.1 Å². The van der Waals surface area contributed by atoms with E-state index in [2.05, 4.69) is 0 Å². The largest absolute Gasteiger partial charge is 0.423 e. The van der Waals surface area contributed by atoms with Crippen molar-refractivity contribution >= 4 is 17.7 Å². The van der Waals surface area contributed by atoms with Gasteiger partial charge in [-0.15, -0.1) is 0 Å². The van der Waals surface area contributed by atoms with E-state index in [1.807, 2.05) is 6.07 Å². The van der Waals surface area contributed by atoms with Gasteiger partial charge in [0.15, 0.2) is 5.78 Å². The van der Waals surface area contributed by atoms with Crippen molar-refractivity contribution in [3.05, 3.63) is 65.2 Å². The fourth-order valence-corrected chi connectivity index (χ4v) is 2.81. The molecule has 5 heteroatoms. The Bertz CT molecular complexity index is 811. The van der Waals surface area contributed by atoms with Gasteiger partial charge in [-0.3, -0.25) is 9.59 Å². The molecule has 0 unspecified atom stereocenters. The molecule has 0 aromatic heterocycles. The first-order chi connectivity index (χ1) is 12.0. The van der Waals surface area contributed by atoms with E-state index in [1.54, 1.807) is 47.4 Å². The first-order valence-electron chi connectivity index (χ1n) is 8.23. The number of likely N-dealkylation sites (tertiary alicyclic amines) is 1. The van der Waals surface area contributed by atoms with Gasteiger partial charge in [0.2, 0.25) is 5.91 Å². The second kappa shape index (κ2) is 7.30. The Kier molecular flexibility index (Phi) is 4.93. The molecule has 1 saturated heterocycles. The smallest absolute Gasteiger partial charge is 0.343 e. The standard InChI is InChI=1S/C20H19NO4/c1-14(22)16-7-9-18(10-8-16)25-20(24)17-5-2-4-15(12-17)13-21-11-3-6-19(21)23/h2,4-5,7-10,12H,3,6,11,13H2,1H3. The summed E-state index contributed by atoms with van der Waals surface area (Å²) in [6, 6.07) is 13.6. The molecule has 128 valence electrons. The molecule has 25 heavy (non-hydrogen) atoms. The summed E-state index contributed by atoms with van der Waals surface area (Å²) in [6.07, 6.45) is 1.48. The molecule has 0 aliphatic carbocycles. The number of amides is 1. The van der Waals surface area contributed by atoms with Gasteiger partial charge in [0.05, 0.1) is 5.56 Å². The average molecular weight is 337 g/mol. The fraction of sp³-hybridized carbons (Fsp3) is 0.250. The van der Waals surface area contributed by atoms with Crippen molar-refractivity contribution in [1.29, 1.82) is 0 Å². The highest BCUT2D eigenvalue weighted by Crippen LogP contribution is 2.18. The van der Waals surface area contributed by atoms with Gasteiger partial charge in [0, 0.05) is 25.1 Å². The van der Waals surface area contributed by atoms with E-state index in [0.29, 0.717) is 29.8 Å². The molecule has 0 atom stereocenters. The summed E-state index contributed by atoms with van der Waals surface area (Å²) >= 11 is 0. The van der Waals surface area contributed by atoms with E-state index < -0.39 is 5.97 Å². The summed E-state index contributed by atoms with van der Waals surface area (Å²) in [6.45, 7) is 2.75. The van der Waals surface area contributed by atoms with Gasteiger partial charge in [-0.1, -0.05) is 12.1 Å². The minimum absolute atomic E-state index is 0.0398. The maximum Gasteiger partial charge on any atom is 0.343 e. The zero-order valence-corrected chi connectivity index (χ0v) is 14.0. The van der Waals surface area contributed by atoms with Crippen LogP contribution in [-0.2, 0) is 11.3 Å². The van der Waals surface area contributed by atoms with Gasteiger partial charge < -0.3 is 9.64 Å². The van der Waals surface area contributed by atoms with Crippen LogP contribution in [0.3, 0.4) is 0 Å². The third-order valence-electron chi connectivity index (χ3n) is 4.18. The van der Waals surface area contributed by atoms with Crippen LogP contribution in [0.15, 0.2) is 48.5 Å². The van der Waals surface area contributed by atoms with E-state index in [1.165, 1.54) is 6.92 Å². The summed E-state index contributed by atoms with van der Waals surface area (Å²) < 4.78 is 5.35. The van der Waals surface area contributed by atoms with Crippen molar-refractivity contribution < 1.29 is 19.1 Å². The van der Waals surface area contributed by atoms with Crippen molar-refractivity contribution in [1.82, 2.24) is 4.90 Å². The number of benzene rings is 2. The zero-order chi connectivity index (χ0) is 17.8. The van der Waals surface area contributed by atoms with Crippen molar-refractivity contribution in [3.8, 4) is 5.75 Å². The molecular formula is C20H19NO4. The first kappa shape index (κ1) is 16.9. The number of esters is 1. The summed E-state index contributed by atoms with van der Waals surface area (Å²) in [5.74, 6) is 0.0286. The van der Waals surface area contributed by atoms with Crippen molar-refractivity contribution in [3.63, 3.8) is 0 Å². The lowest BCUT2D eigenvalue weighted by Gasteiger charge is -2.15. The van der Waals surface area contributed by atoms with Crippen molar-refractivity contribution in [2.24, 2.45) is 0 Å². The molecule has 1 amide bonds. The third kappa shape index (κ3) is 4.12. The highest BCUT2D eigenvalue weighted by Gasteiger charge is 2.20. The molecule has 0 N–H and O–H groups in total. The number of ether oxygens (including phenoxy) is 1. The molecule has 0 bridgehead atoms. The van der Waals surface area contributed by atoms with Crippen molar-refractivity contribution in [2.75, 3.05) is 6.54 Å². The lowest BCUT2D eigenvalue weighted by molar-refractivity contribution is -0.128. The fourth-order valence-electron chi connectivity index (χ4n) is 2.81. The number of nitrogens with zero attached hydrogens (tertiary/aromatic N) is 1. The van der Waals surface area contributed by atoms with Crippen LogP contribution in [0.5, 0.6) is 5.75 Å². The van der Waals surface area contributed by atoms with E-state index in [4.69, 9.17) is 4.74 Å². The molecule has 1 aliphatic heterocycles. The number of Topliss-reactive ketones (excluding diaryl/α,β-unsaturated/α-hetero) is 1. The topological polar surface area (TPSA) is 63.7 Å². The molecule has 1 aliphatic rings. The molecule has 5 nitrogen and oxygen atoms in total. The Hall–Kier alpha value is -2.95. The number of hydrogen-bond donors (Lipinski definition) is 0. The number of rotatable bonds is 5. The molecule has 1 fully saturated rings. The Morgan fingerprint density at radius 2 is 1.84 bits per heavy atom. The van der Waals surface area contributed by atoms with E-state index >= 15 is 0 Å². The maximum absolute atomic E-state index is 12.3. The molecule has 0 saturated carbocycles. The van der Waals surface area contributed by atoms with E-state index in [0.717, 1.165) is 18.5 Å². The van der Waals surface area contributed by atoms with Gasteiger partial charge in [-0.25, -0.2) is 4.79 Å². The van der Waals surface area contributed by atoms with Crippen LogP contribution in [0.4, 0.5) is 0 Å². The molecule has 2 aromatic rings. The van der Waals surface area contributed by atoms with Crippen LogP contribution in [0.25, 0.3) is 0 Å². The van der Waals surface area contributed by atoms with Crippen LogP contribution < -0.4 is 4.74 Å². The first-order valence-corrected chi connectivity index (χ1v) is 8.23. The van der Waals surface area contributed by atoms with Crippen LogP contribution in [0.1, 0.15) is 46.0 Å². The second-order valence-corrected chi connectivity index (χ2v) is 6.09. The van der Waals surface area contributed by atoms with Gasteiger partial charge in [0.1, 0.15) is 5.75 Å². The molecule has 1 heterocycles. The minimum Gasteiger partial charge on any atom is -0.423 e. The number of carbonyl (C=O) groups excluding carboxylic acids is 3. The summed E-state index contributed by atoms with van der Waals surface area (Å²) in [5, 5.41) is 0. The van der Waals surface area contributed by atoms with Crippen molar-refractivity contribution in [2.45, 2.75) is 26.3 Å². The molecule has 0 spiro atoms. The normalized spacial score (nSPS) is 13.8. The molecule has 0 radical (unpaired) electrons. The number of hydrogen-bond acceptors (Lipinski definition) is 4. The predicted octanol–water partition coefficient (Wildman–Crippen LogP) is 3.23. The Labute approximate surface area is 146 Å². The lowest BCUT2D eigenvalue weighted by atomic mass is 10.1. The Morgan fingerprint density at radius 1 is 1.08 bits per heavy atom. The van der Waals surface area contributed by atoms with E-state index in [9.17, 15) is 14.4 Å². The van der Waals surface area contributed by atoms with Gasteiger partial charge in [-0.2, -0.15) is 0 Å². The monoisotopic (exact) mass is 337 g/mol. The summed E-state index contributed by atoms with van der Waals surface area (Å²) in [7, 11) is 0. The van der Waals surface area contributed by atoms with Gasteiger partial charge in [-0.05, 0) is 55.3 Å². The summed E-state index contributed by atoms with van der Waals surface area (Å²) in [5.41, 5.74) is 1.90. The van der Waals surface area contributed by atoms with E-state index in [-0.39, 0.29) is 11.7 Å². The maximum atomic E-state index is 12.3. The highest BCUT2D eigenvalue weighted by atomic mass is 16.5. The predicted molar refractivity (Wildman–Crippen MR) is 92.5 cm³/mol. The highest BCUT2D eigenvalue weighted by molar-refractivity contribution is 5.94. The van der Waals surface area contributed by atoms with Crippen LogP contribution >= 0.6 is 0 Å². The van der Waals surface area contributed by atoms with Crippen LogP contribution in [0.2, 0.25) is 0 Å². The van der Waals surface area contributed by atoms with Gasteiger partial charge in [0.25, 0.3) is 0 Å². The minimum atomic E-state index is -0.467. The average Bonchev–Trinajstić information content (AvgIpc) is 3.00. The Morgan fingerprint density at radius 3 is 2.48 bits per heavy atom. The molecule has 2 aromatic carbocycles. The molecular weight excluding hydrogens is 318 g/mol. The number of ketones is 1. The second-order valence-electron chi connectivity index (χ2n) is 6.09. The third-order valence-corrected chi connectivity index (χ3v) is 4.18.